The first-order valence-corrected chi connectivity index (χ1v) is 20.4. The van der Waals surface area contributed by atoms with Crippen molar-refractivity contribution in [2.45, 2.75) is 0 Å². The summed E-state index contributed by atoms with van der Waals surface area (Å²) in [6, 6.07) is 75.4. The van der Waals surface area contributed by atoms with Gasteiger partial charge in [0.25, 0.3) is 0 Å². The summed E-state index contributed by atoms with van der Waals surface area (Å²) in [6.07, 6.45) is 0. The number of hydrogen-bond acceptors (Lipinski definition) is 3. The summed E-state index contributed by atoms with van der Waals surface area (Å²) in [7, 11) is 0. The number of aromatic nitrogens is 2. The molecule has 11 aromatic rings. The number of para-hydroxylation sites is 3. The van der Waals surface area contributed by atoms with Crippen LogP contribution in [0.3, 0.4) is 0 Å². The summed E-state index contributed by atoms with van der Waals surface area (Å²) in [5.74, 6) is -0.162. The molecule has 0 spiro atoms. The Morgan fingerprint density at radius 1 is 0.344 bits per heavy atom. The van der Waals surface area contributed by atoms with Crippen molar-refractivity contribution in [2.75, 3.05) is 0 Å². The van der Waals surface area contributed by atoms with E-state index >= 15 is 0 Å². The van der Waals surface area contributed by atoms with Crippen LogP contribution in [0.5, 0.6) is 0 Å². The van der Waals surface area contributed by atoms with Gasteiger partial charge in [-0.25, -0.2) is 0 Å². The Bertz CT molecular complexity index is 3440. The molecule has 288 valence electrons. The lowest BCUT2D eigenvalue weighted by Gasteiger charge is -2.18. The molecule has 0 saturated heterocycles. The fourth-order valence-corrected chi connectivity index (χ4v) is 9.03. The van der Waals surface area contributed by atoms with E-state index in [2.05, 4.69) is 161 Å². The molecule has 0 fully saturated rings. The van der Waals surface area contributed by atoms with Gasteiger partial charge in [0, 0.05) is 55.2 Å². The van der Waals surface area contributed by atoms with E-state index in [-0.39, 0.29) is 11.8 Å². The van der Waals surface area contributed by atoms with Crippen molar-refractivity contribution in [3.63, 3.8) is 0 Å². The normalized spacial score (nSPS) is 11.4. The maximum absolute atomic E-state index is 8.97. The molecule has 5 nitrogen and oxygen atoms in total. The van der Waals surface area contributed by atoms with Crippen LogP contribution >= 0.6 is 0 Å². The van der Waals surface area contributed by atoms with Gasteiger partial charge in [0.2, 0.25) is 11.8 Å². The van der Waals surface area contributed by atoms with Crippen LogP contribution in [-0.2, 0) is 4.74 Å². The van der Waals surface area contributed by atoms with E-state index in [0.29, 0.717) is 11.1 Å². The van der Waals surface area contributed by atoms with Gasteiger partial charge in [-0.2, -0.15) is 0 Å². The van der Waals surface area contributed by atoms with Gasteiger partial charge in [0.15, 0.2) is 0 Å². The molecular formula is C56H38N4O. The minimum atomic E-state index is -0.0874. The highest BCUT2D eigenvalue weighted by Gasteiger charge is 2.28. The molecule has 0 atom stereocenters. The monoisotopic (exact) mass is 782 g/mol. The molecule has 2 aromatic heterocycles. The van der Waals surface area contributed by atoms with Crippen molar-refractivity contribution in [2.24, 2.45) is 0 Å². The second-order valence-electron chi connectivity index (χ2n) is 15.2. The standard InChI is InChI=1S/C56H38N4O/c57-55(61-56(58)42-25-17-24-41(36-42)37-18-5-1-6-19-37)40-32-34-44(35-33-40)60-48-31-16-14-29-46(48)52-49(38-20-7-2-8-21-38)53-51(50(54(52)60)39-22-9-3-10-23-39)45-28-13-15-30-47(45)59(53)43-26-11-4-12-27-43/h1-36,57-58H. The van der Waals surface area contributed by atoms with E-state index in [9.17, 15) is 0 Å². The number of benzene rings is 9. The Labute approximate surface area is 353 Å². The first-order valence-electron chi connectivity index (χ1n) is 20.4. The molecule has 0 aliphatic heterocycles. The highest BCUT2D eigenvalue weighted by atomic mass is 16.5. The molecule has 11 rings (SSSR count). The lowest BCUT2D eigenvalue weighted by Crippen LogP contribution is -2.13. The third kappa shape index (κ3) is 6.02. The first-order chi connectivity index (χ1) is 30.1. The number of ether oxygens (including phenoxy) is 1. The first kappa shape index (κ1) is 35.8. The van der Waals surface area contributed by atoms with Gasteiger partial charge in [-0.05, 0) is 82.9 Å². The molecule has 0 amide bonds. The molecule has 61 heavy (non-hydrogen) atoms. The van der Waals surface area contributed by atoms with Crippen LogP contribution < -0.4 is 0 Å². The fourth-order valence-electron chi connectivity index (χ4n) is 9.03. The lowest BCUT2D eigenvalue weighted by atomic mass is 9.90. The van der Waals surface area contributed by atoms with Crippen LogP contribution in [0.1, 0.15) is 11.1 Å². The highest BCUT2D eigenvalue weighted by Crippen LogP contribution is 2.51. The van der Waals surface area contributed by atoms with Gasteiger partial charge in [-0.15, -0.1) is 0 Å². The molecule has 0 unspecified atom stereocenters. The van der Waals surface area contributed by atoms with Crippen LogP contribution in [0, 0.1) is 10.8 Å². The zero-order valence-corrected chi connectivity index (χ0v) is 33.1. The van der Waals surface area contributed by atoms with Crippen LogP contribution in [0.4, 0.5) is 0 Å². The van der Waals surface area contributed by atoms with E-state index in [4.69, 9.17) is 15.6 Å². The largest absolute Gasteiger partial charge is 0.421 e. The minimum Gasteiger partial charge on any atom is -0.421 e. The SMILES string of the molecule is N=C(OC(=N)c1cccc(-c2ccccc2)c1)c1ccc(-n2c3ccccc3c3c(-c4ccccc4)c4c(c(-c5ccccc5)c32)c2ccccc2n4-c2ccccc2)cc1. The summed E-state index contributed by atoms with van der Waals surface area (Å²) in [5, 5.41) is 22.5. The van der Waals surface area contributed by atoms with E-state index in [1.807, 2.05) is 66.7 Å². The van der Waals surface area contributed by atoms with Gasteiger partial charge in [0.05, 0.1) is 22.1 Å². The number of rotatable bonds is 7. The summed E-state index contributed by atoms with van der Waals surface area (Å²) >= 11 is 0. The van der Waals surface area contributed by atoms with Crippen molar-refractivity contribution in [1.82, 2.24) is 9.13 Å². The number of hydrogen-bond donors (Lipinski definition) is 2. The maximum Gasteiger partial charge on any atom is 0.221 e. The minimum absolute atomic E-state index is 0.0751. The molecule has 2 heterocycles. The van der Waals surface area contributed by atoms with Gasteiger partial charge in [-0.1, -0.05) is 158 Å². The average Bonchev–Trinajstić information content (AvgIpc) is 3.85. The van der Waals surface area contributed by atoms with Crippen molar-refractivity contribution in [3.05, 3.63) is 230 Å². The Balaban J connectivity index is 1.14. The quantitative estimate of drug-likeness (QED) is 0.123. The predicted molar refractivity (Wildman–Crippen MR) is 253 cm³/mol. The Hall–Kier alpha value is -8.28. The third-order valence-electron chi connectivity index (χ3n) is 11.7. The summed E-state index contributed by atoms with van der Waals surface area (Å²) in [4.78, 5) is 0. The van der Waals surface area contributed by atoms with Crippen LogP contribution in [0.25, 0.3) is 88.4 Å². The second-order valence-corrected chi connectivity index (χ2v) is 15.2. The Kier molecular flexibility index (Phi) is 8.72. The molecule has 2 N–H and O–H groups in total. The van der Waals surface area contributed by atoms with Gasteiger partial charge in [-0.3, -0.25) is 10.8 Å². The number of nitrogens with zero attached hydrogens (tertiary/aromatic N) is 2. The topological polar surface area (TPSA) is 66.8 Å². The molecule has 0 aliphatic rings. The molecular weight excluding hydrogens is 745 g/mol. The van der Waals surface area contributed by atoms with Crippen molar-refractivity contribution < 1.29 is 4.74 Å². The smallest absolute Gasteiger partial charge is 0.221 e. The zero-order chi connectivity index (χ0) is 40.9. The van der Waals surface area contributed by atoms with Gasteiger partial charge in [0.1, 0.15) is 0 Å². The van der Waals surface area contributed by atoms with E-state index in [1.54, 1.807) is 0 Å². The van der Waals surface area contributed by atoms with Gasteiger partial charge >= 0.3 is 0 Å². The molecule has 0 aliphatic carbocycles. The average molecular weight is 783 g/mol. The zero-order valence-electron chi connectivity index (χ0n) is 33.1. The molecule has 0 saturated carbocycles. The molecule has 9 aromatic carbocycles. The van der Waals surface area contributed by atoms with Crippen molar-refractivity contribution in [1.29, 1.82) is 10.8 Å². The van der Waals surface area contributed by atoms with Crippen molar-refractivity contribution in [3.8, 4) is 44.8 Å². The van der Waals surface area contributed by atoms with Crippen LogP contribution in [-0.4, -0.2) is 20.9 Å². The molecule has 5 heteroatoms. The summed E-state index contributed by atoms with van der Waals surface area (Å²) < 4.78 is 10.7. The number of nitrogens with one attached hydrogen (secondary N) is 2. The highest BCUT2D eigenvalue weighted by molar-refractivity contribution is 6.33. The Morgan fingerprint density at radius 3 is 1.28 bits per heavy atom. The van der Waals surface area contributed by atoms with Gasteiger partial charge < -0.3 is 13.9 Å². The second kappa shape index (κ2) is 14.8. The third-order valence-corrected chi connectivity index (χ3v) is 11.7. The molecule has 0 radical (unpaired) electrons. The summed E-state index contributed by atoms with van der Waals surface area (Å²) in [6.45, 7) is 0. The van der Waals surface area contributed by atoms with E-state index in [0.717, 1.165) is 66.6 Å². The lowest BCUT2D eigenvalue weighted by molar-refractivity contribution is 0.538. The Morgan fingerprint density at radius 2 is 0.754 bits per heavy atom. The van der Waals surface area contributed by atoms with E-state index < -0.39 is 0 Å². The molecule has 0 bridgehead atoms. The maximum atomic E-state index is 8.97. The van der Waals surface area contributed by atoms with E-state index in [1.165, 1.54) is 21.7 Å². The van der Waals surface area contributed by atoms with Crippen LogP contribution in [0.15, 0.2) is 218 Å². The number of fused-ring (bicyclic) bond motifs is 6. The predicted octanol–water partition coefficient (Wildman–Crippen LogP) is 14.2. The van der Waals surface area contributed by atoms with Crippen molar-refractivity contribution >= 4 is 55.4 Å². The fraction of sp³-hybridized carbons (Fsp3) is 0. The van der Waals surface area contributed by atoms with Crippen LogP contribution in [0.2, 0.25) is 0 Å². The summed E-state index contributed by atoms with van der Waals surface area (Å²) in [5.41, 5.74) is 14.3.